The summed E-state index contributed by atoms with van der Waals surface area (Å²) in [6.45, 7) is -0.232. The number of nitrogens with zero attached hydrogens (tertiary/aromatic N) is 3. The van der Waals surface area contributed by atoms with Crippen LogP contribution in [0.3, 0.4) is 0 Å². The van der Waals surface area contributed by atoms with E-state index >= 15 is 0 Å². The standard InChI is InChI=1S/C86H56BN3/c1-7-25-57(26-8-1)65-47-50-77-75(53-65)87-76-54-66(58-27-9-2-10-28-58)48-51-78(76)90(85-72(61-33-15-5-16-34-61)43-24-44-73(85)62-35-17-6-18-36-62)81-56-67(88-79-52-46-63-37-19-21-39-68(63)82(79)74-49-45-64-38-20-22-40-69(64)86(74)88)55-80(83(81)87)89(77)84-70(59-29-11-3-12-30-59)41-23-42-71(84)60-31-13-4-14-32-60/h1-56H. The van der Waals surface area contributed by atoms with Gasteiger partial charge in [-0.05, 0) is 107 Å². The molecule has 0 saturated heterocycles. The van der Waals surface area contributed by atoms with Gasteiger partial charge in [0, 0.05) is 61.2 Å². The summed E-state index contributed by atoms with van der Waals surface area (Å²) in [6.07, 6.45) is 0. The van der Waals surface area contributed by atoms with Crippen LogP contribution in [0.1, 0.15) is 0 Å². The molecule has 418 valence electrons. The monoisotopic (exact) mass is 1140 g/mol. The molecule has 90 heavy (non-hydrogen) atoms. The molecule has 0 radical (unpaired) electrons. The zero-order chi connectivity index (χ0) is 59.2. The first-order valence-electron chi connectivity index (χ1n) is 31.2. The Kier molecular flexibility index (Phi) is 12.0. The van der Waals surface area contributed by atoms with Crippen molar-refractivity contribution in [2.75, 3.05) is 9.80 Å². The second-order valence-electron chi connectivity index (χ2n) is 23.8. The number of para-hydroxylation sites is 2. The third kappa shape index (κ3) is 8.15. The summed E-state index contributed by atoms with van der Waals surface area (Å²) in [7, 11) is 0. The molecule has 1 aromatic heterocycles. The molecule has 15 aromatic carbocycles. The van der Waals surface area contributed by atoms with Crippen molar-refractivity contribution >= 4 is 101 Å². The number of hydrogen-bond acceptors (Lipinski definition) is 2. The van der Waals surface area contributed by atoms with Crippen molar-refractivity contribution in [2.24, 2.45) is 0 Å². The van der Waals surface area contributed by atoms with Crippen LogP contribution in [-0.4, -0.2) is 11.3 Å². The average Bonchev–Trinajstić information content (AvgIpc) is 0.820. The van der Waals surface area contributed by atoms with Crippen LogP contribution in [0, 0.1) is 0 Å². The van der Waals surface area contributed by atoms with Crippen molar-refractivity contribution in [1.82, 2.24) is 4.57 Å². The predicted molar refractivity (Wildman–Crippen MR) is 382 cm³/mol. The zero-order valence-electron chi connectivity index (χ0n) is 49.3. The fourth-order valence-corrected chi connectivity index (χ4v) is 15.0. The summed E-state index contributed by atoms with van der Waals surface area (Å²) >= 11 is 0. The van der Waals surface area contributed by atoms with E-state index in [1.165, 1.54) is 76.5 Å². The van der Waals surface area contributed by atoms with Crippen molar-refractivity contribution < 1.29 is 0 Å². The van der Waals surface area contributed by atoms with Crippen molar-refractivity contribution in [2.45, 2.75) is 0 Å². The van der Waals surface area contributed by atoms with E-state index in [0.717, 1.165) is 89.8 Å². The normalized spacial score (nSPS) is 12.4. The molecule has 3 nitrogen and oxygen atoms in total. The van der Waals surface area contributed by atoms with Crippen LogP contribution >= 0.6 is 0 Å². The minimum atomic E-state index is -0.232. The Morgan fingerprint density at radius 2 is 0.622 bits per heavy atom. The van der Waals surface area contributed by atoms with Gasteiger partial charge in [-0.1, -0.05) is 309 Å². The number of aromatic nitrogens is 1. The van der Waals surface area contributed by atoms with E-state index in [-0.39, 0.29) is 6.71 Å². The summed E-state index contributed by atoms with van der Waals surface area (Å²) in [4.78, 5) is 5.33. The number of hydrogen-bond donors (Lipinski definition) is 0. The molecule has 3 heterocycles. The highest BCUT2D eigenvalue weighted by atomic mass is 15.2. The van der Waals surface area contributed by atoms with Crippen LogP contribution in [0.2, 0.25) is 0 Å². The first-order chi connectivity index (χ1) is 44.7. The molecule has 0 fully saturated rings. The quantitative estimate of drug-likeness (QED) is 0.133. The van der Waals surface area contributed by atoms with E-state index in [0.29, 0.717) is 0 Å². The topological polar surface area (TPSA) is 11.4 Å². The minimum Gasteiger partial charge on any atom is -0.310 e. The smallest absolute Gasteiger partial charge is 0.252 e. The molecule has 16 aromatic rings. The lowest BCUT2D eigenvalue weighted by atomic mass is 9.33. The van der Waals surface area contributed by atoms with Crippen molar-refractivity contribution in [3.63, 3.8) is 0 Å². The van der Waals surface area contributed by atoms with E-state index in [1.54, 1.807) is 0 Å². The third-order valence-corrected chi connectivity index (χ3v) is 18.9. The van der Waals surface area contributed by atoms with E-state index in [1.807, 2.05) is 0 Å². The van der Waals surface area contributed by atoms with E-state index < -0.39 is 0 Å². The van der Waals surface area contributed by atoms with Crippen molar-refractivity contribution in [1.29, 1.82) is 0 Å². The molecule has 18 rings (SSSR count). The molecule has 0 N–H and O–H groups in total. The second-order valence-corrected chi connectivity index (χ2v) is 23.8. The van der Waals surface area contributed by atoms with Gasteiger partial charge in [-0.3, -0.25) is 0 Å². The van der Waals surface area contributed by atoms with Gasteiger partial charge < -0.3 is 14.4 Å². The van der Waals surface area contributed by atoms with Crippen LogP contribution in [0.5, 0.6) is 0 Å². The second kappa shape index (κ2) is 21.0. The molecule has 0 unspecified atom stereocenters. The highest BCUT2D eigenvalue weighted by Gasteiger charge is 2.46. The fraction of sp³-hybridized carbons (Fsp3) is 0. The van der Waals surface area contributed by atoms with Gasteiger partial charge in [-0.25, -0.2) is 0 Å². The maximum Gasteiger partial charge on any atom is 0.252 e. The molecule has 0 bridgehead atoms. The SMILES string of the molecule is c1ccc(-c2ccc3c(c2)B2c4cc(-c5ccccc5)ccc4N(c4c(-c5ccccc5)cccc4-c4ccccc4)c4cc(-n5c6ccc7ccccc7c6c6ccc7ccccc7c65)cc(c42)N3c2c(-c3ccccc3)cccc2-c2ccccc2)cc1. The molecule has 0 aliphatic carbocycles. The maximum atomic E-state index is 2.67. The lowest BCUT2D eigenvalue weighted by Crippen LogP contribution is -2.61. The Hall–Kier alpha value is -11.7. The first kappa shape index (κ1) is 51.5. The van der Waals surface area contributed by atoms with Gasteiger partial charge in [-0.15, -0.1) is 0 Å². The molecule has 0 spiro atoms. The highest BCUT2D eigenvalue weighted by Crippen LogP contribution is 2.54. The van der Waals surface area contributed by atoms with Crippen LogP contribution in [-0.2, 0) is 0 Å². The van der Waals surface area contributed by atoms with E-state index in [2.05, 4.69) is 354 Å². The summed E-state index contributed by atoms with van der Waals surface area (Å²) in [5.41, 5.74) is 27.6. The molecule has 0 saturated carbocycles. The summed E-state index contributed by atoms with van der Waals surface area (Å²) in [6, 6.07) is 127. The van der Waals surface area contributed by atoms with Gasteiger partial charge in [0.05, 0.1) is 28.1 Å². The summed E-state index contributed by atoms with van der Waals surface area (Å²) in [5.74, 6) is 0. The predicted octanol–water partition coefficient (Wildman–Crippen LogP) is 21.2. The number of benzene rings is 15. The molecular formula is C86H56BN3. The van der Waals surface area contributed by atoms with Crippen LogP contribution < -0.4 is 26.2 Å². The molecule has 2 aliphatic heterocycles. The highest BCUT2D eigenvalue weighted by molar-refractivity contribution is 7.00. The summed E-state index contributed by atoms with van der Waals surface area (Å²) in [5, 5.41) is 7.31. The van der Waals surface area contributed by atoms with Crippen molar-refractivity contribution in [3.05, 3.63) is 340 Å². The number of rotatable bonds is 9. The average molecular weight is 1140 g/mol. The van der Waals surface area contributed by atoms with E-state index in [4.69, 9.17) is 0 Å². The molecule has 0 atom stereocenters. The molecule has 2 aliphatic rings. The van der Waals surface area contributed by atoms with Gasteiger partial charge in [-0.2, -0.15) is 0 Å². The third-order valence-electron chi connectivity index (χ3n) is 18.9. The van der Waals surface area contributed by atoms with Crippen LogP contribution in [0.4, 0.5) is 34.1 Å². The largest absolute Gasteiger partial charge is 0.310 e. The van der Waals surface area contributed by atoms with Gasteiger partial charge in [0.2, 0.25) is 0 Å². The van der Waals surface area contributed by atoms with Gasteiger partial charge in [0.15, 0.2) is 0 Å². The van der Waals surface area contributed by atoms with Gasteiger partial charge >= 0.3 is 0 Å². The van der Waals surface area contributed by atoms with Crippen LogP contribution in [0.25, 0.3) is 116 Å². The van der Waals surface area contributed by atoms with E-state index in [9.17, 15) is 0 Å². The first-order valence-corrected chi connectivity index (χ1v) is 31.2. The Balaban J connectivity index is 1.06. The molecule has 0 amide bonds. The number of anilines is 6. The summed E-state index contributed by atoms with van der Waals surface area (Å²) < 4.78 is 2.60. The lowest BCUT2D eigenvalue weighted by Gasteiger charge is -2.46. The molecule has 4 heteroatoms. The maximum absolute atomic E-state index is 2.67. The Bertz CT molecular complexity index is 5110. The lowest BCUT2D eigenvalue weighted by molar-refractivity contribution is 1.17. The van der Waals surface area contributed by atoms with Crippen LogP contribution in [0.15, 0.2) is 340 Å². The van der Waals surface area contributed by atoms with Crippen molar-refractivity contribution in [3.8, 4) is 72.4 Å². The van der Waals surface area contributed by atoms with Gasteiger partial charge in [0.25, 0.3) is 6.71 Å². The Labute approximate surface area is 524 Å². The number of fused-ring (bicyclic) bond motifs is 11. The molecular weight excluding hydrogens is 1090 g/mol. The zero-order valence-corrected chi connectivity index (χ0v) is 49.3. The Morgan fingerprint density at radius 3 is 1.07 bits per heavy atom. The Morgan fingerprint density at radius 1 is 0.244 bits per heavy atom. The minimum absolute atomic E-state index is 0.232. The fourth-order valence-electron chi connectivity index (χ4n) is 15.0. The van der Waals surface area contributed by atoms with Gasteiger partial charge in [0.1, 0.15) is 0 Å².